The molecule has 3 aromatic rings. The van der Waals surface area contributed by atoms with Crippen molar-refractivity contribution in [2.45, 2.75) is 13.3 Å². The number of nitrogens with zero attached hydrogens (tertiary/aromatic N) is 1. The summed E-state index contributed by atoms with van der Waals surface area (Å²) in [6, 6.07) is 11.9. The number of aromatic nitrogens is 1. The Morgan fingerprint density at radius 2 is 1.96 bits per heavy atom. The number of carbonyl (C=O) groups is 1. The van der Waals surface area contributed by atoms with Gasteiger partial charge in [0.25, 0.3) is 5.91 Å². The molecule has 1 amide bonds. The number of nitrogens with one attached hydrogen (secondary N) is 1. The number of rotatable bonds is 6. The zero-order chi connectivity index (χ0) is 19.4. The van der Waals surface area contributed by atoms with Crippen LogP contribution in [0, 0.1) is 6.92 Å². The Labute approximate surface area is 156 Å². The van der Waals surface area contributed by atoms with Crippen molar-refractivity contribution < 1.29 is 24.2 Å². The summed E-state index contributed by atoms with van der Waals surface area (Å²) in [7, 11) is 1.45. The van der Waals surface area contributed by atoms with Crippen LogP contribution in [0.2, 0.25) is 0 Å². The smallest absolute Gasteiger partial charge is 0.273 e. The van der Waals surface area contributed by atoms with Gasteiger partial charge in [0.15, 0.2) is 17.2 Å². The monoisotopic (exact) mass is 368 g/mol. The maximum absolute atomic E-state index is 12.4. The van der Waals surface area contributed by atoms with Crippen LogP contribution >= 0.6 is 0 Å². The molecule has 3 N–H and O–H groups in total. The lowest BCUT2D eigenvalue weighted by atomic mass is 10.1. The maximum atomic E-state index is 12.4. The van der Waals surface area contributed by atoms with Gasteiger partial charge in [0.05, 0.1) is 12.7 Å². The summed E-state index contributed by atoms with van der Waals surface area (Å²) in [6.45, 7) is 1.97. The third kappa shape index (κ3) is 3.87. The molecule has 0 aliphatic rings. The highest BCUT2D eigenvalue weighted by Crippen LogP contribution is 2.36. The van der Waals surface area contributed by atoms with Crippen molar-refractivity contribution in [1.29, 1.82) is 0 Å². The Balaban J connectivity index is 1.73. The first-order valence-corrected chi connectivity index (χ1v) is 8.40. The second kappa shape index (κ2) is 7.82. The number of aromatic hydroxyl groups is 2. The van der Waals surface area contributed by atoms with E-state index in [0.717, 1.165) is 5.56 Å². The number of hydrogen-bond acceptors (Lipinski definition) is 6. The Morgan fingerprint density at radius 1 is 1.19 bits per heavy atom. The number of carbonyl (C=O) groups excluding carboxylic acids is 1. The Morgan fingerprint density at radius 3 is 2.70 bits per heavy atom. The fraction of sp³-hybridized carbons (Fsp3) is 0.200. The van der Waals surface area contributed by atoms with Crippen LogP contribution in [0.15, 0.2) is 46.9 Å². The van der Waals surface area contributed by atoms with Gasteiger partial charge in [-0.3, -0.25) is 4.79 Å². The number of phenolic OH excluding ortho intramolecular Hbond substituents is 2. The summed E-state index contributed by atoms with van der Waals surface area (Å²) in [5.74, 6) is 0.465. The second-order valence-electron chi connectivity index (χ2n) is 5.91. The number of oxazole rings is 1. The van der Waals surface area contributed by atoms with Crippen LogP contribution in [0.3, 0.4) is 0 Å². The number of hydrogen-bond donors (Lipinski definition) is 3. The SMILES string of the molecule is COc1cccc(-c2nc(C(=O)NCCc3ccccc3O)c(C)o2)c1O. The molecule has 0 radical (unpaired) electrons. The number of phenols is 2. The number of amides is 1. The van der Waals surface area contributed by atoms with E-state index in [1.807, 2.05) is 6.07 Å². The molecule has 27 heavy (non-hydrogen) atoms. The lowest BCUT2D eigenvalue weighted by Crippen LogP contribution is -2.26. The fourth-order valence-electron chi connectivity index (χ4n) is 2.70. The molecule has 0 aliphatic heterocycles. The molecular formula is C20H20N2O5. The predicted molar refractivity (Wildman–Crippen MR) is 99.0 cm³/mol. The number of ether oxygens (including phenoxy) is 1. The Hall–Kier alpha value is -3.48. The van der Waals surface area contributed by atoms with Gasteiger partial charge in [-0.15, -0.1) is 0 Å². The van der Waals surface area contributed by atoms with Crippen molar-refractivity contribution in [2.75, 3.05) is 13.7 Å². The number of benzene rings is 2. The molecule has 0 saturated carbocycles. The van der Waals surface area contributed by atoms with Crippen LogP contribution in [-0.4, -0.2) is 34.8 Å². The molecule has 0 fully saturated rings. The van der Waals surface area contributed by atoms with E-state index in [9.17, 15) is 15.0 Å². The molecule has 140 valence electrons. The zero-order valence-corrected chi connectivity index (χ0v) is 15.0. The first kappa shape index (κ1) is 18.3. The number of methoxy groups -OCH3 is 1. The van der Waals surface area contributed by atoms with E-state index >= 15 is 0 Å². The summed E-state index contributed by atoms with van der Waals surface area (Å²) in [5, 5.41) is 22.7. The molecule has 0 spiro atoms. The summed E-state index contributed by atoms with van der Waals surface area (Å²) in [6.07, 6.45) is 0.485. The molecule has 3 rings (SSSR count). The standard InChI is InChI=1S/C20H20N2O5/c1-12-17(19(25)21-11-10-13-6-3-4-8-15(13)23)22-20(27-12)14-7-5-9-16(26-2)18(14)24/h3-9,23-24H,10-11H2,1-2H3,(H,21,25). The molecule has 1 aromatic heterocycles. The van der Waals surface area contributed by atoms with Crippen molar-refractivity contribution in [2.24, 2.45) is 0 Å². The quantitative estimate of drug-likeness (QED) is 0.618. The number of para-hydroxylation sites is 2. The van der Waals surface area contributed by atoms with Gasteiger partial charge in [-0.2, -0.15) is 0 Å². The number of aryl methyl sites for hydroxylation is 1. The lowest BCUT2D eigenvalue weighted by molar-refractivity contribution is 0.0948. The zero-order valence-electron chi connectivity index (χ0n) is 15.0. The van der Waals surface area contributed by atoms with Crippen LogP contribution in [0.25, 0.3) is 11.5 Å². The minimum absolute atomic E-state index is 0.104. The molecule has 0 atom stereocenters. The topological polar surface area (TPSA) is 105 Å². The summed E-state index contributed by atoms with van der Waals surface area (Å²) in [4.78, 5) is 16.6. The summed E-state index contributed by atoms with van der Waals surface area (Å²) < 4.78 is 10.6. The van der Waals surface area contributed by atoms with Crippen molar-refractivity contribution in [3.05, 3.63) is 59.5 Å². The van der Waals surface area contributed by atoms with Crippen LogP contribution in [0.1, 0.15) is 21.8 Å². The largest absolute Gasteiger partial charge is 0.508 e. The van der Waals surface area contributed by atoms with E-state index in [2.05, 4.69) is 10.3 Å². The van der Waals surface area contributed by atoms with Crippen molar-refractivity contribution in [3.8, 4) is 28.7 Å². The third-order valence-electron chi connectivity index (χ3n) is 4.13. The van der Waals surface area contributed by atoms with Crippen LogP contribution in [0.5, 0.6) is 17.2 Å². The van der Waals surface area contributed by atoms with E-state index in [1.54, 1.807) is 43.3 Å². The van der Waals surface area contributed by atoms with Crippen molar-refractivity contribution >= 4 is 5.91 Å². The molecule has 0 saturated heterocycles. The highest BCUT2D eigenvalue weighted by Gasteiger charge is 2.20. The highest BCUT2D eigenvalue weighted by molar-refractivity contribution is 5.93. The molecule has 7 heteroatoms. The highest BCUT2D eigenvalue weighted by atomic mass is 16.5. The van der Waals surface area contributed by atoms with Gasteiger partial charge in [-0.05, 0) is 37.1 Å². The first-order valence-electron chi connectivity index (χ1n) is 8.40. The van der Waals surface area contributed by atoms with Crippen molar-refractivity contribution in [3.63, 3.8) is 0 Å². The van der Waals surface area contributed by atoms with Crippen molar-refractivity contribution in [1.82, 2.24) is 10.3 Å². The average molecular weight is 368 g/mol. The summed E-state index contributed by atoms with van der Waals surface area (Å²) in [5.41, 5.74) is 1.23. The Bertz CT molecular complexity index is 965. The normalized spacial score (nSPS) is 10.6. The molecule has 7 nitrogen and oxygen atoms in total. The second-order valence-corrected chi connectivity index (χ2v) is 5.91. The predicted octanol–water partition coefficient (Wildman–Crippen LogP) is 3.04. The molecule has 1 heterocycles. The van der Waals surface area contributed by atoms with E-state index in [4.69, 9.17) is 9.15 Å². The van der Waals surface area contributed by atoms with Gasteiger partial charge in [0.2, 0.25) is 5.89 Å². The summed E-state index contributed by atoms with van der Waals surface area (Å²) >= 11 is 0. The minimum Gasteiger partial charge on any atom is -0.508 e. The molecule has 2 aromatic carbocycles. The molecule has 0 bridgehead atoms. The van der Waals surface area contributed by atoms with Gasteiger partial charge in [-0.1, -0.05) is 24.3 Å². The van der Waals surface area contributed by atoms with Crippen LogP contribution < -0.4 is 10.1 Å². The van der Waals surface area contributed by atoms with Crippen LogP contribution in [-0.2, 0) is 6.42 Å². The average Bonchev–Trinajstić information content (AvgIpc) is 3.05. The fourth-order valence-corrected chi connectivity index (χ4v) is 2.70. The minimum atomic E-state index is -0.389. The molecule has 0 unspecified atom stereocenters. The Kier molecular flexibility index (Phi) is 5.30. The van der Waals surface area contributed by atoms with Gasteiger partial charge in [0.1, 0.15) is 11.5 Å². The lowest BCUT2D eigenvalue weighted by Gasteiger charge is -2.06. The van der Waals surface area contributed by atoms with E-state index < -0.39 is 0 Å². The maximum Gasteiger partial charge on any atom is 0.273 e. The van der Waals surface area contributed by atoms with Gasteiger partial charge in [0, 0.05) is 6.54 Å². The van der Waals surface area contributed by atoms with Crippen LogP contribution in [0.4, 0.5) is 0 Å². The van der Waals surface area contributed by atoms with E-state index in [1.165, 1.54) is 7.11 Å². The van der Waals surface area contributed by atoms with E-state index in [0.29, 0.717) is 24.3 Å². The van der Waals surface area contributed by atoms with Gasteiger partial charge < -0.3 is 24.7 Å². The first-order chi connectivity index (χ1) is 13.0. The molecule has 0 aliphatic carbocycles. The molecular weight excluding hydrogens is 348 g/mol. The van der Waals surface area contributed by atoms with Gasteiger partial charge >= 0.3 is 0 Å². The third-order valence-corrected chi connectivity index (χ3v) is 4.13. The van der Waals surface area contributed by atoms with Gasteiger partial charge in [-0.25, -0.2) is 4.98 Å². The van der Waals surface area contributed by atoms with E-state index in [-0.39, 0.29) is 34.7 Å².